The van der Waals surface area contributed by atoms with Gasteiger partial charge in [0.15, 0.2) is 0 Å². The highest BCUT2D eigenvalue weighted by molar-refractivity contribution is 7.89. The van der Waals surface area contributed by atoms with Crippen molar-refractivity contribution in [2.45, 2.75) is 30.7 Å². The first-order valence-electron chi connectivity index (χ1n) is 8.04. The third kappa shape index (κ3) is 4.10. The number of nitrogens with zero attached hydrogens (tertiary/aromatic N) is 2. The number of aryl methyl sites for hydroxylation is 1. The van der Waals surface area contributed by atoms with Crippen molar-refractivity contribution in [1.29, 1.82) is 0 Å². The van der Waals surface area contributed by atoms with E-state index in [4.69, 9.17) is 0 Å². The molecule has 0 aromatic heterocycles. The minimum absolute atomic E-state index is 0.0440. The van der Waals surface area contributed by atoms with Crippen LogP contribution in [0.5, 0.6) is 0 Å². The van der Waals surface area contributed by atoms with E-state index in [1.807, 2.05) is 17.9 Å². The van der Waals surface area contributed by atoms with E-state index in [1.54, 1.807) is 18.2 Å². The van der Waals surface area contributed by atoms with Gasteiger partial charge in [0.05, 0.1) is 11.4 Å². The van der Waals surface area contributed by atoms with Gasteiger partial charge >= 0.3 is 0 Å². The molecule has 23 heavy (non-hydrogen) atoms. The molecule has 0 bridgehead atoms. The van der Waals surface area contributed by atoms with Gasteiger partial charge in [0, 0.05) is 32.2 Å². The molecule has 1 heterocycles. The van der Waals surface area contributed by atoms with Crippen LogP contribution in [0.3, 0.4) is 0 Å². The Kier molecular flexibility index (Phi) is 4.70. The zero-order valence-electron chi connectivity index (χ0n) is 13.4. The Morgan fingerprint density at radius 1 is 1.22 bits per heavy atom. The van der Waals surface area contributed by atoms with E-state index in [1.165, 1.54) is 4.31 Å². The molecule has 0 spiro atoms. The van der Waals surface area contributed by atoms with Crippen LogP contribution >= 0.6 is 0 Å². The number of carbonyl (C=O) groups excluding carboxylic acids is 1. The van der Waals surface area contributed by atoms with Gasteiger partial charge in [0.25, 0.3) is 0 Å². The van der Waals surface area contributed by atoms with Crippen LogP contribution in [0.25, 0.3) is 0 Å². The molecule has 1 aliphatic carbocycles. The van der Waals surface area contributed by atoms with Crippen molar-refractivity contribution in [2.24, 2.45) is 0 Å². The summed E-state index contributed by atoms with van der Waals surface area (Å²) in [5.41, 5.74) is 0.932. The molecule has 126 valence electrons. The van der Waals surface area contributed by atoms with Gasteiger partial charge in [0.2, 0.25) is 15.9 Å². The fraction of sp³-hybridized carbons (Fsp3) is 0.562. The Morgan fingerprint density at radius 2 is 1.91 bits per heavy atom. The van der Waals surface area contributed by atoms with Crippen molar-refractivity contribution in [2.75, 3.05) is 32.7 Å². The maximum Gasteiger partial charge on any atom is 0.243 e. The molecule has 0 atom stereocenters. The quantitative estimate of drug-likeness (QED) is 0.853. The molecule has 6 nitrogen and oxygen atoms in total. The molecule has 1 aromatic carbocycles. The van der Waals surface area contributed by atoms with E-state index in [9.17, 15) is 13.2 Å². The minimum atomic E-state index is -3.44. The predicted octanol–water partition coefficient (Wildman–Crippen LogP) is 0.580. The van der Waals surface area contributed by atoms with Gasteiger partial charge in [-0.1, -0.05) is 12.1 Å². The van der Waals surface area contributed by atoms with E-state index >= 15 is 0 Å². The van der Waals surface area contributed by atoms with E-state index in [0.29, 0.717) is 43.7 Å². The lowest BCUT2D eigenvalue weighted by Crippen LogP contribution is -2.51. The highest BCUT2D eigenvalue weighted by Crippen LogP contribution is 2.20. The predicted molar refractivity (Wildman–Crippen MR) is 87.5 cm³/mol. The standard InChI is InChI=1S/C16H23N3O3S/c1-13-3-2-4-15(11-13)23(21,22)19-9-7-18(8-10-19)12-16(20)17-14-5-6-14/h2-4,11,14H,5-10,12H2,1H3,(H,17,20). The van der Waals surface area contributed by atoms with Crippen LogP contribution in [0.4, 0.5) is 0 Å². The third-order valence-electron chi connectivity index (χ3n) is 4.27. The van der Waals surface area contributed by atoms with Gasteiger partial charge in [0.1, 0.15) is 0 Å². The lowest BCUT2D eigenvalue weighted by Gasteiger charge is -2.33. The van der Waals surface area contributed by atoms with Crippen LogP contribution in [0.2, 0.25) is 0 Å². The molecular weight excluding hydrogens is 314 g/mol. The summed E-state index contributed by atoms with van der Waals surface area (Å²) in [4.78, 5) is 14.2. The van der Waals surface area contributed by atoms with Gasteiger partial charge in [-0.3, -0.25) is 9.69 Å². The fourth-order valence-electron chi connectivity index (χ4n) is 2.76. The second-order valence-corrected chi connectivity index (χ2v) is 8.28. The number of hydrogen-bond acceptors (Lipinski definition) is 4. The zero-order chi connectivity index (χ0) is 16.4. The second-order valence-electron chi connectivity index (χ2n) is 6.34. The fourth-order valence-corrected chi connectivity index (χ4v) is 4.28. The number of hydrogen-bond donors (Lipinski definition) is 1. The van der Waals surface area contributed by atoms with E-state index < -0.39 is 10.0 Å². The second kappa shape index (κ2) is 6.59. The Labute approximate surface area is 137 Å². The van der Waals surface area contributed by atoms with Crippen molar-refractivity contribution in [3.63, 3.8) is 0 Å². The van der Waals surface area contributed by atoms with Crippen molar-refractivity contribution < 1.29 is 13.2 Å². The van der Waals surface area contributed by atoms with Crippen molar-refractivity contribution in [1.82, 2.24) is 14.5 Å². The largest absolute Gasteiger partial charge is 0.352 e. The average Bonchev–Trinajstić information content (AvgIpc) is 3.31. The topological polar surface area (TPSA) is 69.7 Å². The first-order valence-corrected chi connectivity index (χ1v) is 9.48. The summed E-state index contributed by atoms with van der Waals surface area (Å²) in [6.45, 7) is 4.26. The molecule has 0 unspecified atom stereocenters. The van der Waals surface area contributed by atoms with Crippen LogP contribution in [0.1, 0.15) is 18.4 Å². The van der Waals surface area contributed by atoms with E-state index in [2.05, 4.69) is 5.32 Å². The molecule has 7 heteroatoms. The van der Waals surface area contributed by atoms with Crippen LogP contribution in [0, 0.1) is 6.92 Å². The first-order chi connectivity index (χ1) is 10.9. The summed E-state index contributed by atoms with van der Waals surface area (Å²) >= 11 is 0. The van der Waals surface area contributed by atoms with Crippen molar-refractivity contribution >= 4 is 15.9 Å². The normalized spacial score (nSPS) is 20.4. The molecule has 2 fully saturated rings. The summed E-state index contributed by atoms with van der Waals surface area (Å²) in [5.74, 6) is 0.0440. The summed E-state index contributed by atoms with van der Waals surface area (Å²) < 4.78 is 26.8. The molecule has 1 amide bonds. The minimum Gasteiger partial charge on any atom is -0.352 e. The van der Waals surface area contributed by atoms with Gasteiger partial charge < -0.3 is 5.32 Å². The maximum absolute atomic E-state index is 12.7. The average molecular weight is 337 g/mol. The number of nitrogens with one attached hydrogen (secondary N) is 1. The Morgan fingerprint density at radius 3 is 2.52 bits per heavy atom. The lowest BCUT2D eigenvalue weighted by molar-refractivity contribution is -0.122. The molecular formula is C16H23N3O3S. The van der Waals surface area contributed by atoms with Gasteiger partial charge in [-0.15, -0.1) is 0 Å². The first kappa shape index (κ1) is 16.4. The van der Waals surface area contributed by atoms with Crippen LogP contribution in [-0.2, 0) is 14.8 Å². The van der Waals surface area contributed by atoms with Crippen LogP contribution in [-0.4, -0.2) is 62.3 Å². The number of benzene rings is 1. The lowest BCUT2D eigenvalue weighted by atomic mass is 10.2. The molecule has 1 saturated carbocycles. The molecule has 1 saturated heterocycles. The number of sulfonamides is 1. The summed E-state index contributed by atoms with van der Waals surface area (Å²) in [6, 6.07) is 7.35. The van der Waals surface area contributed by atoms with Crippen molar-refractivity contribution in [3.8, 4) is 0 Å². The third-order valence-corrected chi connectivity index (χ3v) is 6.16. The monoisotopic (exact) mass is 337 g/mol. The zero-order valence-corrected chi connectivity index (χ0v) is 14.2. The molecule has 1 N–H and O–H groups in total. The van der Waals surface area contributed by atoms with Crippen molar-refractivity contribution in [3.05, 3.63) is 29.8 Å². The number of piperazine rings is 1. The molecule has 1 aromatic rings. The molecule has 1 aliphatic heterocycles. The molecule has 2 aliphatic rings. The van der Waals surface area contributed by atoms with Gasteiger partial charge in [-0.25, -0.2) is 8.42 Å². The Bertz CT molecular complexity index is 678. The highest BCUT2D eigenvalue weighted by atomic mass is 32.2. The van der Waals surface area contributed by atoms with Crippen LogP contribution < -0.4 is 5.32 Å². The summed E-state index contributed by atoms with van der Waals surface area (Å²) in [6.07, 6.45) is 2.16. The van der Waals surface area contributed by atoms with Gasteiger partial charge in [-0.05, 0) is 37.5 Å². The number of carbonyl (C=O) groups is 1. The number of rotatable bonds is 5. The summed E-state index contributed by atoms with van der Waals surface area (Å²) in [5, 5.41) is 2.96. The number of amides is 1. The van der Waals surface area contributed by atoms with E-state index in [-0.39, 0.29) is 5.91 Å². The molecule has 0 radical (unpaired) electrons. The SMILES string of the molecule is Cc1cccc(S(=O)(=O)N2CCN(CC(=O)NC3CC3)CC2)c1. The Hall–Kier alpha value is -1.44. The van der Waals surface area contributed by atoms with Gasteiger partial charge in [-0.2, -0.15) is 4.31 Å². The van der Waals surface area contributed by atoms with Crippen LogP contribution in [0.15, 0.2) is 29.2 Å². The Balaban J connectivity index is 1.56. The van der Waals surface area contributed by atoms with E-state index in [0.717, 1.165) is 18.4 Å². The summed E-state index contributed by atoms with van der Waals surface area (Å²) in [7, 11) is -3.44. The molecule has 3 rings (SSSR count). The smallest absolute Gasteiger partial charge is 0.243 e. The highest BCUT2D eigenvalue weighted by Gasteiger charge is 2.30. The maximum atomic E-state index is 12.7.